The Morgan fingerprint density at radius 1 is 1.30 bits per heavy atom. The molecule has 0 saturated carbocycles. The van der Waals surface area contributed by atoms with E-state index in [4.69, 9.17) is 4.52 Å². The molecule has 5 nitrogen and oxygen atoms in total. The van der Waals surface area contributed by atoms with Crippen molar-refractivity contribution in [3.8, 4) is 0 Å². The van der Waals surface area contributed by atoms with E-state index < -0.39 is 0 Å². The predicted molar refractivity (Wildman–Crippen MR) is 76.6 cm³/mol. The minimum atomic E-state index is 0.0116. The summed E-state index contributed by atoms with van der Waals surface area (Å²) in [6.45, 7) is 5.86. The molecule has 5 heteroatoms. The van der Waals surface area contributed by atoms with Crippen molar-refractivity contribution < 1.29 is 9.32 Å². The number of nitrogens with one attached hydrogen (secondary N) is 1. The Morgan fingerprint density at radius 3 is 2.55 bits per heavy atom. The van der Waals surface area contributed by atoms with Crippen molar-refractivity contribution in [1.82, 2.24) is 10.1 Å². The van der Waals surface area contributed by atoms with Crippen LogP contribution in [0.4, 0.5) is 5.69 Å². The number of anilines is 1. The number of hydrogen-bond acceptors (Lipinski definition) is 4. The van der Waals surface area contributed by atoms with Gasteiger partial charge in [-0.1, -0.05) is 38.1 Å². The van der Waals surface area contributed by atoms with Gasteiger partial charge in [0, 0.05) is 24.4 Å². The van der Waals surface area contributed by atoms with Crippen molar-refractivity contribution in [3.05, 3.63) is 41.5 Å². The summed E-state index contributed by atoms with van der Waals surface area (Å²) in [6.07, 6.45) is 1.10. The zero-order valence-corrected chi connectivity index (χ0v) is 12.0. The van der Waals surface area contributed by atoms with Gasteiger partial charge in [-0.25, -0.2) is 0 Å². The van der Waals surface area contributed by atoms with Crippen LogP contribution in [0.15, 0.2) is 28.8 Å². The molecule has 0 saturated heterocycles. The predicted octanol–water partition coefficient (Wildman–Crippen LogP) is 3.13. The smallest absolute Gasteiger partial charge is 0.229 e. The molecule has 0 aliphatic heterocycles. The third-order valence-electron chi connectivity index (χ3n) is 2.90. The summed E-state index contributed by atoms with van der Waals surface area (Å²) in [4.78, 5) is 15.6. The van der Waals surface area contributed by atoms with E-state index in [2.05, 4.69) is 15.5 Å². The third kappa shape index (κ3) is 3.66. The number of hydrogen-bond donors (Lipinski definition) is 1. The molecule has 1 amide bonds. The SMILES string of the molecule is CCC(=O)Nc1ccc(Cc2noc(C(C)C)n2)cc1. The number of benzene rings is 1. The van der Waals surface area contributed by atoms with Crippen LogP contribution in [0.1, 0.15) is 50.4 Å². The van der Waals surface area contributed by atoms with Gasteiger partial charge in [-0.05, 0) is 17.7 Å². The van der Waals surface area contributed by atoms with Gasteiger partial charge >= 0.3 is 0 Å². The zero-order valence-electron chi connectivity index (χ0n) is 12.0. The van der Waals surface area contributed by atoms with Crippen molar-refractivity contribution >= 4 is 11.6 Å². The molecule has 1 aromatic carbocycles. The van der Waals surface area contributed by atoms with Gasteiger partial charge in [0.2, 0.25) is 11.8 Å². The average molecular weight is 273 g/mol. The molecule has 0 aliphatic carbocycles. The van der Waals surface area contributed by atoms with E-state index in [9.17, 15) is 4.79 Å². The number of nitrogens with zero attached hydrogens (tertiary/aromatic N) is 2. The van der Waals surface area contributed by atoms with Gasteiger partial charge in [0.25, 0.3) is 0 Å². The molecule has 1 heterocycles. The molecule has 0 fully saturated rings. The number of carbonyl (C=O) groups excluding carboxylic acids is 1. The molecular weight excluding hydrogens is 254 g/mol. The van der Waals surface area contributed by atoms with Gasteiger partial charge < -0.3 is 9.84 Å². The summed E-state index contributed by atoms with van der Waals surface area (Å²) in [5.41, 5.74) is 1.88. The summed E-state index contributed by atoms with van der Waals surface area (Å²) in [6, 6.07) is 7.67. The molecule has 0 spiro atoms. The van der Waals surface area contributed by atoms with Crippen molar-refractivity contribution in [3.63, 3.8) is 0 Å². The first-order valence-corrected chi connectivity index (χ1v) is 6.79. The Labute approximate surface area is 118 Å². The first-order valence-electron chi connectivity index (χ1n) is 6.79. The maximum Gasteiger partial charge on any atom is 0.229 e. The lowest BCUT2D eigenvalue weighted by atomic mass is 10.1. The van der Waals surface area contributed by atoms with Gasteiger partial charge in [-0.2, -0.15) is 4.98 Å². The van der Waals surface area contributed by atoms with Crippen LogP contribution in [0, 0.1) is 0 Å². The number of rotatable bonds is 5. The van der Waals surface area contributed by atoms with Crippen LogP contribution < -0.4 is 5.32 Å². The Hall–Kier alpha value is -2.17. The molecule has 0 atom stereocenters. The third-order valence-corrected chi connectivity index (χ3v) is 2.90. The lowest BCUT2D eigenvalue weighted by Crippen LogP contribution is -2.09. The highest BCUT2D eigenvalue weighted by Gasteiger charge is 2.10. The first kappa shape index (κ1) is 14.2. The minimum absolute atomic E-state index is 0.0116. The van der Waals surface area contributed by atoms with Crippen LogP contribution in [0.2, 0.25) is 0 Å². The van der Waals surface area contributed by atoms with Crippen molar-refractivity contribution in [2.45, 2.75) is 39.5 Å². The van der Waals surface area contributed by atoms with Crippen molar-refractivity contribution in [2.24, 2.45) is 0 Å². The lowest BCUT2D eigenvalue weighted by molar-refractivity contribution is -0.115. The fourth-order valence-corrected chi connectivity index (χ4v) is 1.71. The van der Waals surface area contributed by atoms with Crippen LogP contribution in [0.25, 0.3) is 0 Å². The minimum Gasteiger partial charge on any atom is -0.339 e. The molecule has 0 radical (unpaired) electrons. The summed E-state index contributed by atoms with van der Waals surface area (Å²) in [5.74, 6) is 1.59. The fourth-order valence-electron chi connectivity index (χ4n) is 1.71. The van der Waals surface area contributed by atoms with Crippen molar-refractivity contribution in [2.75, 3.05) is 5.32 Å². The second kappa shape index (κ2) is 6.32. The molecule has 0 bridgehead atoms. The van der Waals surface area contributed by atoms with Crippen LogP contribution in [0.5, 0.6) is 0 Å². The molecule has 20 heavy (non-hydrogen) atoms. The van der Waals surface area contributed by atoms with E-state index >= 15 is 0 Å². The van der Waals surface area contributed by atoms with Crippen LogP contribution >= 0.6 is 0 Å². The fraction of sp³-hybridized carbons (Fsp3) is 0.400. The highest BCUT2D eigenvalue weighted by molar-refractivity contribution is 5.90. The van der Waals surface area contributed by atoms with Crippen LogP contribution in [-0.2, 0) is 11.2 Å². The standard InChI is InChI=1S/C15H19N3O2/c1-4-14(19)16-12-7-5-11(6-8-12)9-13-17-15(10(2)3)20-18-13/h5-8,10H,4,9H2,1-3H3,(H,16,19). The summed E-state index contributed by atoms with van der Waals surface area (Å²) < 4.78 is 5.17. The maximum atomic E-state index is 11.3. The highest BCUT2D eigenvalue weighted by Crippen LogP contribution is 2.15. The molecule has 1 N–H and O–H groups in total. The monoisotopic (exact) mass is 273 g/mol. The van der Waals surface area contributed by atoms with Gasteiger partial charge in [0.1, 0.15) is 0 Å². The maximum absolute atomic E-state index is 11.3. The van der Waals surface area contributed by atoms with Crippen LogP contribution in [0.3, 0.4) is 0 Å². The molecule has 106 valence electrons. The molecule has 0 unspecified atom stereocenters. The summed E-state index contributed by atoms with van der Waals surface area (Å²) in [7, 11) is 0. The molecule has 0 aliphatic rings. The molecule has 2 aromatic rings. The topological polar surface area (TPSA) is 68.0 Å². The Morgan fingerprint density at radius 2 is 2.00 bits per heavy atom. The molecule has 1 aromatic heterocycles. The number of carbonyl (C=O) groups is 1. The van der Waals surface area contributed by atoms with Gasteiger partial charge in [-0.3, -0.25) is 4.79 Å². The Balaban J connectivity index is 2.01. The number of amides is 1. The summed E-state index contributed by atoms with van der Waals surface area (Å²) in [5, 5.41) is 6.77. The highest BCUT2D eigenvalue weighted by atomic mass is 16.5. The summed E-state index contributed by atoms with van der Waals surface area (Å²) >= 11 is 0. The quantitative estimate of drug-likeness (QED) is 0.908. The molecular formula is C15H19N3O2. The van der Waals surface area contributed by atoms with E-state index in [0.29, 0.717) is 24.6 Å². The number of aromatic nitrogens is 2. The lowest BCUT2D eigenvalue weighted by Gasteiger charge is -2.04. The van der Waals surface area contributed by atoms with Gasteiger partial charge in [-0.15, -0.1) is 0 Å². The second-order valence-corrected chi connectivity index (χ2v) is 4.98. The van der Waals surface area contributed by atoms with Gasteiger partial charge in [0.15, 0.2) is 5.82 Å². The van der Waals surface area contributed by atoms with Crippen LogP contribution in [-0.4, -0.2) is 16.0 Å². The van der Waals surface area contributed by atoms with Gasteiger partial charge in [0.05, 0.1) is 0 Å². The van der Waals surface area contributed by atoms with E-state index in [1.54, 1.807) is 0 Å². The van der Waals surface area contributed by atoms with E-state index in [-0.39, 0.29) is 11.8 Å². The Bertz CT molecular complexity index is 573. The molecule has 2 rings (SSSR count). The Kier molecular flexibility index (Phi) is 4.50. The van der Waals surface area contributed by atoms with Crippen molar-refractivity contribution in [1.29, 1.82) is 0 Å². The average Bonchev–Trinajstić information content (AvgIpc) is 2.89. The zero-order chi connectivity index (χ0) is 14.5. The van der Waals surface area contributed by atoms with E-state index in [1.807, 2.05) is 45.0 Å². The second-order valence-electron chi connectivity index (χ2n) is 4.98. The van der Waals surface area contributed by atoms with E-state index in [1.165, 1.54) is 0 Å². The first-order chi connectivity index (χ1) is 9.58. The normalized spacial score (nSPS) is 10.8. The largest absolute Gasteiger partial charge is 0.339 e. The van der Waals surface area contributed by atoms with E-state index in [0.717, 1.165) is 11.3 Å².